The molecule has 94 valence electrons. The molecular formula is C13H11N5O. The lowest BCUT2D eigenvalue weighted by atomic mass is 10.2. The number of aromatic amines is 1. The Labute approximate surface area is 109 Å². The molecule has 6 nitrogen and oxygen atoms in total. The van der Waals surface area contributed by atoms with Gasteiger partial charge in [-0.15, -0.1) is 0 Å². The predicted molar refractivity (Wildman–Crippen MR) is 71.0 cm³/mol. The van der Waals surface area contributed by atoms with Gasteiger partial charge >= 0.3 is 0 Å². The van der Waals surface area contributed by atoms with E-state index < -0.39 is 0 Å². The summed E-state index contributed by atoms with van der Waals surface area (Å²) in [5.74, 6) is 0.907. The van der Waals surface area contributed by atoms with Crippen LogP contribution in [0.4, 0.5) is 11.5 Å². The highest BCUT2D eigenvalue weighted by molar-refractivity contribution is 5.64. The third kappa shape index (κ3) is 2.52. The fourth-order valence-electron chi connectivity index (χ4n) is 1.67. The van der Waals surface area contributed by atoms with Crippen LogP contribution in [0.15, 0.2) is 49.1 Å². The number of aromatic hydroxyl groups is 1. The molecule has 19 heavy (non-hydrogen) atoms. The molecule has 3 rings (SSSR count). The number of anilines is 2. The average Bonchev–Trinajstić information content (AvgIpc) is 2.96. The van der Waals surface area contributed by atoms with Crippen molar-refractivity contribution in [3.63, 3.8) is 0 Å². The van der Waals surface area contributed by atoms with Crippen LogP contribution in [0.25, 0.3) is 11.3 Å². The Morgan fingerprint density at radius 3 is 2.68 bits per heavy atom. The molecule has 0 aliphatic heterocycles. The lowest BCUT2D eigenvalue weighted by Gasteiger charge is -2.06. The number of H-pyrrole nitrogens is 1. The Kier molecular flexibility index (Phi) is 2.82. The maximum Gasteiger partial charge on any atom is 0.134 e. The van der Waals surface area contributed by atoms with Crippen LogP contribution in [-0.2, 0) is 0 Å². The SMILES string of the molecule is Oc1ccc(Nc2cc(-c3cn[nH]c3)ncn2)cc1. The molecule has 0 radical (unpaired) electrons. The highest BCUT2D eigenvalue weighted by Crippen LogP contribution is 2.21. The normalized spacial score (nSPS) is 10.3. The van der Waals surface area contributed by atoms with Crippen LogP contribution in [0.5, 0.6) is 5.75 Å². The summed E-state index contributed by atoms with van der Waals surface area (Å²) in [6, 6.07) is 8.60. The summed E-state index contributed by atoms with van der Waals surface area (Å²) in [5, 5.41) is 19.0. The minimum absolute atomic E-state index is 0.229. The number of nitrogens with one attached hydrogen (secondary N) is 2. The zero-order valence-electron chi connectivity index (χ0n) is 9.91. The second-order valence-electron chi connectivity index (χ2n) is 3.95. The Bertz CT molecular complexity index is 664. The number of hydrogen-bond donors (Lipinski definition) is 3. The van der Waals surface area contributed by atoms with E-state index in [2.05, 4.69) is 25.5 Å². The number of phenolic OH excluding ortho intramolecular Hbond substituents is 1. The first kappa shape index (κ1) is 11.2. The van der Waals surface area contributed by atoms with Crippen molar-refractivity contribution in [3.05, 3.63) is 49.1 Å². The molecule has 0 bridgehead atoms. The molecule has 0 atom stereocenters. The molecule has 0 unspecified atom stereocenters. The minimum atomic E-state index is 0.229. The average molecular weight is 253 g/mol. The summed E-state index contributed by atoms with van der Waals surface area (Å²) in [6.07, 6.45) is 4.96. The largest absolute Gasteiger partial charge is 0.508 e. The molecule has 0 aliphatic rings. The maximum atomic E-state index is 9.23. The van der Waals surface area contributed by atoms with E-state index in [1.165, 1.54) is 6.33 Å². The molecular weight excluding hydrogens is 242 g/mol. The third-order valence-electron chi connectivity index (χ3n) is 2.60. The van der Waals surface area contributed by atoms with Crippen molar-refractivity contribution < 1.29 is 5.11 Å². The van der Waals surface area contributed by atoms with Gasteiger partial charge in [-0.2, -0.15) is 5.10 Å². The highest BCUT2D eigenvalue weighted by atomic mass is 16.3. The molecule has 0 fully saturated rings. The molecule has 6 heteroatoms. The van der Waals surface area contributed by atoms with E-state index in [1.807, 2.05) is 6.07 Å². The van der Waals surface area contributed by atoms with Gasteiger partial charge in [0.25, 0.3) is 0 Å². The fourth-order valence-corrected chi connectivity index (χ4v) is 1.67. The van der Waals surface area contributed by atoms with E-state index in [9.17, 15) is 5.11 Å². The van der Waals surface area contributed by atoms with Crippen molar-refractivity contribution in [1.29, 1.82) is 0 Å². The zero-order chi connectivity index (χ0) is 13.1. The van der Waals surface area contributed by atoms with E-state index in [-0.39, 0.29) is 5.75 Å². The molecule has 0 amide bonds. The number of rotatable bonds is 3. The van der Waals surface area contributed by atoms with E-state index in [1.54, 1.807) is 36.7 Å². The summed E-state index contributed by atoms with van der Waals surface area (Å²) in [7, 11) is 0. The van der Waals surface area contributed by atoms with Crippen LogP contribution < -0.4 is 5.32 Å². The first-order valence-corrected chi connectivity index (χ1v) is 5.68. The smallest absolute Gasteiger partial charge is 0.134 e. The van der Waals surface area contributed by atoms with E-state index >= 15 is 0 Å². The van der Waals surface area contributed by atoms with Crippen molar-refractivity contribution in [3.8, 4) is 17.0 Å². The molecule has 0 saturated heterocycles. The number of hydrogen-bond acceptors (Lipinski definition) is 5. The summed E-state index contributed by atoms with van der Waals surface area (Å²) < 4.78 is 0. The van der Waals surface area contributed by atoms with Gasteiger partial charge in [0.05, 0.1) is 11.9 Å². The molecule has 0 spiro atoms. The second kappa shape index (κ2) is 4.77. The molecule has 2 aromatic heterocycles. The van der Waals surface area contributed by atoms with Crippen molar-refractivity contribution >= 4 is 11.5 Å². The van der Waals surface area contributed by atoms with Crippen LogP contribution in [0.2, 0.25) is 0 Å². The molecule has 3 aromatic rings. The number of benzene rings is 1. The summed E-state index contributed by atoms with van der Waals surface area (Å²) in [4.78, 5) is 8.34. The van der Waals surface area contributed by atoms with Crippen LogP contribution in [0, 0.1) is 0 Å². The lowest BCUT2D eigenvalue weighted by Crippen LogP contribution is -1.94. The van der Waals surface area contributed by atoms with Crippen molar-refractivity contribution in [2.45, 2.75) is 0 Å². The Morgan fingerprint density at radius 2 is 1.95 bits per heavy atom. The van der Waals surface area contributed by atoms with E-state index in [0.717, 1.165) is 16.9 Å². The lowest BCUT2D eigenvalue weighted by molar-refractivity contribution is 0.475. The highest BCUT2D eigenvalue weighted by Gasteiger charge is 2.03. The van der Waals surface area contributed by atoms with E-state index in [0.29, 0.717) is 5.82 Å². The Morgan fingerprint density at radius 1 is 1.11 bits per heavy atom. The first-order chi connectivity index (χ1) is 9.31. The van der Waals surface area contributed by atoms with Crippen LogP contribution >= 0.6 is 0 Å². The van der Waals surface area contributed by atoms with Gasteiger partial charge in [0.2, 0.25) is 0 Å². The van der Waals surface area contributed by atoms with Gasteiger partial charge in [0, 0.05) is 23.5 Å². The van der Waals surface area contributed by atoms with Gasteiger partial charge in [-0.1, -0.05) is 0 Å². The van der Waals surface area contributed by atoms with Gasteiger partial charge in [0.15, 0.2) is 0 Å². The minimum Gasteiger partial charge on any atom is -0.508 e. The van der Waals surface area contributed by atoms with Gasteiger partial charge < -0.3 is 10.4 Å². The summed E-state index contributed by atoms with van der Waals surface area (Å²) in [6.45, 7) is 0. The van der Waals surface area contributed by atoms with Crippen molar-refractivity contribution in [2.75, 3.05) is 5.32 Å². The number of nitrogens with zero attached hydrogens (tertiary/aromatic N) is 3. The Hall–Kier alpha value is -2.89. The zero-order valence-corrected chi connectivity index (χ0v) is 9.91. The third-order valence-corrected chi connectivity index (χ3v) is 2.60. The number of aromatic nitrogens is 4. The van der Waals surface area contributed by atoms with Crippen LogP contribution in [-0.4, -0.2) is 25.3 Å². The maximum absolute atomic E-state index is 9.23. The van der Waals surface area contributed by atoms with Gasteiger partial charge in [-0.25, -0.2) is 9.97 Å². The van der Waals surface area contributed by atoms with Gasteiger partial charge in [-0.05, 0) is 24.3 Å². The Balaban J connectivity index is 1.85. The topological polar surface area (TPSA) is 86.7 Å². The summed E-state index contributed by atoms with van der Waals surface area (Å²) in [5.41, 5.74) is 2.52. The van der Waals surface area contributed by atoms with Crippen LogP contribution in [0.1, 0.15) is 0 Å². The monoisotopic (exact) mass is 253 g/mol. The standard InChI is InChI=1S/C13H11N5O/c19-11-3-1-10(2-4-11)18-13-5-12(14-8-15-13)9-6-16-17-7-9/h1-8,19H,(H,16,17)(H,14,15,18). The predicted octanol–water partition coefficient (Wildman–Crippen LogP) is 2.32. The van der Waals surface area contributed by atoms with Gasteiger partial charge in [-0.3, -0.25) is 5.10 Å². The molecule has 2 heterocycles. The van der Waals surface area contributed by atoms with Crippen molar-refractivity contribution in [2.24, 2.45) is 0 Å². The quantitative estimate of drug-likeness (QED) is 0.623. The second-order valence-corrected chi connectivity index (χ2v) is 3.95. The fraction of sp³-hybridized carbons (Fsp3) is 0. The van der Waals surface area contributed by atoms with Crippen LogP contribution in [0.3, 0.4) is 0 Å². The molecule has 1 aromatic carbocycles. The van der Waals surface area contributed by atoms with Crippen molar-refractivity contribution in [1.82, 2.24) is 20.2 Å². The summed E-state index contributed by atoms with van der Waals surface area (Å²) >= 11 is 0. The first-order valence-electron chi connectivity index (χ1n) is 5.68. The molecule has 0 saturated carbocycles. The number of phenols is 1. The van der Waals surface area contributed by atoms with Gasteiger partial charge in [0.1, 0.15) is 17.9 Å². The molecule has 3 N–H and O–H groups in total. The van der Waals surface area contributed by atoms with E-state index in [4.69, 9.17) is 0 Å². The molecule has 0 aliphatic carbocycles.